The van der Waals surface area contributed by atoms with Gasteiger partial charge in [-0.05, 0) is 43.5 Å². The number of carbonyl (C=O) groups excluding carboxylic acids is 1. The van der Waals surface area contributed by atoms with Gasteiger partial charge in [0.15, 0.2) is 5.65 Å². The molecule has 0 radical (unpaired) electrons. The molecule has 0 saturated carbocycles. The van der Waals surface area contributed by atoms with Crippen LogP contribution in [0.25, 0.3) is 22.1 Å². The van der Waals surface area contributed by atoms with Crippen molar-refractivity contribution in [3.05, 3.63) is 48.4 Å². The van der Waals surface area contributed by atoms with Crippen molar-refractivity contribution < 1.29 is 14.3 Å². The van der Waals surface area contributed by atoms with Crippen LogP contribution in [-0.2, 0) is 18.5 Å². The lowest BCUT2D eigenvalue weighted by molar-refractivity contribution is 0.0890. The summed E-state index contributed by atoms with van der Waals surface area (Å²) in [6.45, 7) is 11.8. The van der Waals surface area contributed by atoms with E-state index in [1.807, 2.05) is 54.4 Å². The van der Waals surface area contributed by atoms with E-state index in [1.165, 1.54) is 0 Å². The van der Waals surface area contributed by atoms with E-state index < -0.39 is 8.07 Å². The molecule has 180 valence electrons. The molecule has 0 spiro atoms. The molecule has 9 heteroatoms. The van der Waals surface area contributed by atoms with Crippen LogP contribution in [0.15, 0.2) is 42.9 Å². The summed E-state index contributed by atoms with van der Waals surface area (Å²) in [5.41, 5.74) is 2.59. The fourth-order valence-corrected chi connectivity index (χ4v) is 4.41. The Morgan fingerprint density at radius 3 is 2.74 bits per heavy atom. The molecule has 34 heavy (non-hydrogen) atoms. The van der Waals surface area contributed by atoms with Crippen LogP contribution >= 0.6 is 0 Å². The zero-order valence-electron chi connectivity index (χ0n) is 20.8. The second-order valence-corrected chi connectivity index (χ2v) is 15.7. The molecule has 3 aromatic heterocycles. The third-order valence-electron chi connectivity index (χ3n) is 5.52. The smallest absolute Gasteiger partial charge is 0.255 e. The molecule has 4 aromatic rings. The van der Waals surface area contributed by atoms with Gasteiger partial charge in [-0.1, -0.05) is 19.6 Å². The first-order chi connectivity index (χ1) is 16.1. The van der Waals surface area contributed by atoms with Crippen molar-refractivity contribution in [2.75, 3.05) is 6.61 Å². The number of hydrogen-bond donors (Lipinski definition) is 1. The number of benzene rings is 1. The maximum atomic E-state index is 12.9. The number of aryl methyl sites for hydroxylation is 1. The number of nitrogens with one attached hydrogen (secondary N) is 1. The largest absolute Gasteiger partial charge is 0.437 e. The van der Waals surface area contributed by atoms with Crippen LogP contribution in [0, 0.1) is 0 Å². The summed E-state index contributed by atoms with van der Waals surface area (Å²) in [6, 6.07) is 9.00. The summed E-state index contributed by atoms with van der Waals surface area (Å²) in [6.07, 6.45) is 5.35. The molecular weight excluding hydrogens is 446 g/mol. The summed E-state index contributed by atoms with van der Waals surface area (Å²) in [7, 11) is 0.807. The van der Waals surface area contributed by atoms with Crippen molar-refractivity contribution in [3.8, 4) is 11.6 Å². The Bertz CT molecular complexity index is 1320. The fraction of sp³-hybridized carbons (Fsp3) is 0.400. The van der Waals surface area contributed by atoms with Crippen molar-refractivity contribution in [2.45, 2.75) is 52.3 Å². The van der Waals surface area contributed by atoms with Gasteiger partial charge >= 0.3 is 0 Å². The average molecular weight is 480 g/mol. The minimum atomic E-state index is -1.19. The predicted octanol–water partition coefficient (Wildman–Crippen LogP) is 5.17. The van der Waals surface area contributed by atoms with Crippen molar-refractivity contribution in [1.29, 1.82) is 0 Å². The summed E-state index contributed by atoms with van der Waals surface area (Å²) in [5, 5.41) is 4.08. The molecule has 0 fully saturated rings. The van der Waals surface area contributed by atoms with Gasteiger partial charge in [0.2, 0.25) is 5.88 Å². The van der Waals surface area contributed by atoms with Crippen LogP contribution in [0.1, 0.15) is 24.2 Å². The fourth-order valence-electron chi connectivity index (χ4n) is 3.66. The number of nitrogens with zero attached hydrogens (tertiary/aromatic N) is 4. The molecule has 0 atom stereocenters. The second kappa shape index (κ2) is 9.59. The molecule has 3 heterocycles. The van der Waals surface area contributed by atoms with Gasteiger partial charge in [0, 0.05) is 46.2 Å². The molecule has 1 aromatic carbocycles. The van der Waals surface area contributed by atoms with Crippen LogP contribution in [0.2, 0.25) is 25.7 Å². The highest BCUT2D eigenvalue weighted by molar-refractivity contribution is 6.76. The molecule has 0 bridgehead atoms. The van der Waals surface area contributed by atoms with Gasteiger partial charge in [-0.15, -0.1) is 0 Å². The minimum absolute atomic E-state index is 0.00305. The lowest BCUT2D eigenvalue weighted by atomic mass is 10.2. The number of aromatic nitrogens is 4. The maximum Gasteiger partial charge on any atom is 0.255 e. The number of ether oxygens (including phenoxy) is 2. The molecular formula is C25H33N5O3Si. The van der Waals surface area contributed by atoms with E-state index in [2.05, 4.69) is 41.0 Å². The quantitative estimate of drug-likeness (QED) is 0.265. The summed E-state index contributed by atoms with van der Waals surface area (Å²) in [5.74, 6) is 0.792. The second-order valence-electron chi connectivity index (χ2n) is 10.1. The molecule has 4 rings (SSSR count). The SMILES string of the molecule is CC(C)NC(=O)c1cn(COCC[Si](C)(C)C)c2ncc(Oc3ccc4ccn(C)c4c3)nc12. The Labute approximate surface area is 200 Å². The molecule has 0 aliphatic heterocycles. The Hall–Kier alpha value is -3.17. The lowest BCUT2D eigenvalue weighted by Gasteiger charge is -2.15. The third kappa shape index (κ3) is 5.48. The van der Waals surface area contributed by atoms with Gasteiger partial charge in [0.25, 0.3) is 5.91 Å². The molecule has 0 unspecified atom stereocenters. The van der Waals surface area contributed by atoms with Crippen LogP contribution in [0.3, 0.4) is 0 Å². The van der Waals surface area contributed by atoms with Crippen LogP contribution < -0.4 is 10.1 Å². The molecule has 0 aliphatic carbocycles. The first-order valence-electron chi connectivity index (χ1n) is 11.6. The standard InChI is InChI=1S/C25H33N5O3Si/c1-17(2)27-25(31)20-15-30(16-32-11-12-34(4,5)6)24-23(20)28-22(14-26-24)33-19-8-7-18-9-10-29(3)21(18)13-19/h7-10,13-15,17H,11-12,16H2,1-6H3,(H,27,31). The van der Waals surface area contributed by atoms with Crippen molar-refractivity contribution >= 4 is 36.0 Å². The van der Waals surface area contributed by atoms with Crippen molar-refractivity contribution in [3.63, 3.8) is 0 Å². The van der Waals surface area contributed by atoms with Gasteiger partial charge in [0.05, 0.1) is 17.3 Å². The van der Waals surface area contributed by atoms with E-state index in [0.717, 1.165) is 16.9 Å². The predicted molar refractivity (Wildman–Crippen MR) is 137 cm³/mol. The normalized spacial score (nSPS) is 12.1. The summed E-state index contributed by atoms with van der Waals surface area (Å²) < 4.78 is 15.8. The molecule has 1 N–H and O–H groups in total. The Balaban J connectivity index is 1.63. The Kier molecular flexibility index (Phi) is 6.76. The number of hydrogen-bond acceptors (Lipinski definition) is 5. The lowest BCUT2D eigenvalue weighted by Crippen LogP contribution is -2.30. The number of carbonyl (C=O) groups is 1. The van der Waals surface area contributed by atoms with E-state index >= 15 is 0 Å². The molecule has 0 saturated heterocycles. The highest BCUT2D eigenvalue weighted by atomic mass is 28.3. The topological polar surface area (TPSA) is 83.2 Å². The molecule has 8 nitrogen and oxygen atoms in total. The van der Waals surface area contributed by atoms with E-state index in [9.17, 15) is 4.79 Å². The Morgan fingerprint density at radius 2 is 2.00 bits per heavy atom. The third-order valence-corrected chi connectivity index (χ3v) is 7.22. The van der Waals surface area contributed by atoms with Crippen LogP contribution in [-0.4, -0.2) is 45.7 Å². The Morgan fingerprint density at radius 1 is 1.21 bits per heavy atom. The highest BCUT2D eigenvalue weighted by Gasteiger charge is 2.20. The number of rotatable bonds is 9. The minimum Gasteiger partial charge on any atom is -0.437 e. The maximum absolute atomic E-state index is 12.9. The van der Waals surface area contributed by atoms with Gasteiger partial charge in [-0.3, -0.25) is 4.79 Å². The van der Waals surface area contributed by atoms with E-state index in [-0.39, 0.29) is 11.9 Å². The van der Waals surface area contributed by atoms with Gasteiger partial charge in [0.1, 0.15) is 18.0 Å². The van der Waals surface area contributed by atoms with E-state index in [0.29, 0.717) is 41.7 Å². The zero-order valence-corrected chi connectivity index (χ0v) is 21.8. The van der Waals surface area contributed by atoms with E-state index in [1.54, 1.807) is 12.4 Å². The van der Waals surface area contributed by atoms with Crippen molar-refractivity contribution in [1.82, 2.24) is 24.4 Å². The van der Waals surface area contributed by atoms with Crippen LogP contribution in [0.5, 0.6) is 11.6 Å². The highest BCUT2D eigenvalue weighted by Crippen LogP contribution is 2.27. The summed E-state index contributed by atoms with van der Waals surface area (Å²) in [4.78, 5) is 22.1. The summed E-state index contributed by atoms with van der Waals surface area (Å²) >= 11 is 0. The molecule has 0 aliphatic rings. The molecule has 1 amide bonds. The number of amides is 1. The average Bonchev–Trinajstić information content (AvgIpc) is 3.30. The first kappa shape index (κ1) is 24.0. The van der Waals surface area contributed by atoms with Crippen LogP contribution in [0.4, 0.5) is 0 Å². The van der Waals surface area contributed by atoms with Gasteiger partial charge < -0.3 is 23.9 Å². The number of fused-ring (bicyclic) bond motifs is 2. The monoisotopic (exact) mass is 479 g/mol. The first-order valence-corrected chi connectivity index (χ1v) is 15.3. The van der Waals surface area contributed by atoms with Gasteiger partial charge in [-0.25, -0.2) is 9.97 Å². The van der Waals surface area contributed by atoms with E-state index in [4.69, 9.17) is 9.47 Å². The van der Waals surface area contributed by atoms with Gasteiger partial charge in [-0.2, -0.15) is 0 Å². The zero-order chi connectivity index (χ0) is 24.5. The van der Waals surface area contributed by atoms with Crippen molar-refractivity contribution in [2.24, 2.45) is 7.05 Å².